The SMILES string of the molecule is C=Cc1cc(C(N)CC(=O)O)ccc1CP(=O)(O)O. The smallest absolute Gasteiger partial charge is 0.329 e. The Kier molecular flexibility index (Phi) is 5.03. The van der Waals surface area contributed by atoms with E-state index < -0.39 is 19.6 Å². The first-order valence-electron chi connectivity index (χ1n) is 5.50. The van der Waals surface area contributed by atoms with E-state index in [2.05, 4.69) is 6.58 Å². The second-order valence-electron chi connectivity index (χ2n) is 4.19. The highest BCUT2D eigenvalue weighted by Gasteiger charge is 2.17. The van der Waals surface area contributed by atoms with E-state index in [1.165, 1.54) is 12.1 Å². The van der Waals surface area contributed by atoms with E-state index in [9.17, 15) is 9.36 Å². The van der Waals surface area contributed by atoms with Gasteiger partial charge < -0.3 is 20.6 Å². The van der Waals surface area contributed by atoms with Crippen LogP contribution in [0, 0.1) is 0 Å². The minimum atomic E-state index is -4.16. The van der Waals surface area contributed by atoms with Crippen molar-refractivity contribution in [3.8, 4) is 0 Å². The summed E-state index contributed by atoms with van der Waals surface area (Å²) < 4.78 is 11.0. The molecule has 19 heavy (non-hydrogen) atoms. The van der Waals surface area contributed by atoms with Gasteiger partial charge in [-0.15, -0.1) is 0 Å². The molecule has 0 aromatic heterocycles. The molecular formula is C12H16NO5P. The zero-order valence-corrected chi connectivity index (χ0v) is 11.1. The average molecular weight is 285 g/mol. The number of aliphatic carboxylic acids is 1. The van der Waals surface area contributed by atoms with Crippen LogP contribution in [0.3, 0.4) is 0 Å². The minimum Gasteiger partial charge on any atom is -0.481 e. The fourth-order valence-electron chi connectivity index (χ4n) is 1.71. The number of benzene rings is 1. The molecule has 0 aliphatic heterocycles. The molecule has 0 aliphatic carbocycles. The molecule has 104 valence electrons. The molecule has 0 aliphatic rings. The summed E-state index contributed by atoms with van der Waals surface area (Å²) in [5, 5.41) is 8.68. The van der Waals surface area contributed by atoms with Crippen molar-refractivity contribution in [1.82, 2.24) is 0 Å². The van der Waals surface area contributed by atoms with Crippen molar-refractivity contribution in [2.24, 2.45) is 5.73 Å². The molecule has 0 amide bonds. The molecule has 0 bridgehead atoms. The second-order valence-corrected chi connectivity index (χ2v) is 5.84. The number of rotatable bonds is 6. The van der Waals surface area contributed by atoms with E-state index >= 15 is 0 Å². The topological polar surface area (TPSA) is 121 Å². The van der Waals surface area contributed by atoms with E-state index in [1.54, 1.807) is 12.1 Å². The van der Waals surface area contributed by atoms with Gasteiger partial charge in [0, 0.05) is 6.04 Å². The molecule has 1 rings (SSSR count). The number of carboxylic acids is 1. The van der Waals surface area contributed by atoms with Gasteiger partial charge in [-0.2, -0.15) is 0 Å². The summed E-state index contributed by atoms with van der Waals surface area (Å²) in [5.74, 6) is -1.01. The normalized spacial score (nSPS) is 13.0. The largest absolute Gasteiger partial charge is 0.481 e. The van der Waals surface area contributed by atoms with Gasteiger partial charge in [0.15, 0.2) is 0 Å². The Balaban J connectivity index is 3.05. The van der Waals surface area contributed by atoms with Crippen LogP contribution in [0.5, 0.6) is 0 Å². The van der Waals surface area contributed by atoms with E-state index in [-0.39, 0.29) is 12.6 Å². The van der Waals surface area contributed by atoms with Gasteiger partial charge >= 0.3 is 13.6 Å². The molecule has 0 radical (unpaired) electrons. The standard InChI is InChI=1S/C12H16NO5P/c1-2-8-5-9(11(13)6-12(14)15)3-4-10(8)7-19(16,17)18/h2-5,11H,1,6-7,13H2,(H,14,15)(H2,16,17,18). The third-order valence-electron chi connectivity index (χ3n) is 2.59. The highest BCUT2D eigenvalue weighted by atomic mass is 31.2. The van der Waals surface area contributed by atoms with Crippen LogP contribution in [0.25, 0.3) is 6.08 Å². The van der Waals surface area contributed by atoms with Gasteiger partial charge in [-0.1, -0.05) is 24.8 Å². The monoisotopic (exact) mass is 285 g/mol. The van der Waals surface area contributed by atoms with Gasteiger partial charge in [0.2, 0.25) is 0 Å². The maximum absolute atomic E-state index is 11.0. The molecule has 0 heterocycles. The first kappa shape index (κ1) is 15.6. The van der Waals surface area contributed by atoms with Crippen molar-refractivity contribution in [1.29, 1.82) is 0 Å². The Morgan fingerprint density at radius 1 is 1.47 bits per heavy atom. The van der Waals surface area contributed by atoms with Gasteiger partial charge in [0.05, 0.1) is 12.6 Å². The fourth-order valence-corrected chi connectivity index (χ4v) is 2.44. The Bertz CT molecular complexity index is 537. The lowest BCUT2D eigenvalue weighted by Crippen LogP contribution is -2.15. The third kappa shape index (κ3) is 4.96. The van der Waals surface area contributed by atoms with Crippen LogP contribution < -0.4 is 5.73 Å². The second kappa shape index (κ2) is 6.12. The predicted octanol–water partition coefficient (Wildman–Crippen LogP) is 1.48. The maximum Gasteiger partial charge on any atom is 0.329 e. The summed E-state index contributed by atoms with van der Waals surface area (Å²) in [7, 11) is -4.16. The molecule has 1 aromatic rings. The van der Waals surface area contributed by atoms with Crippen LogP contribution in [0.1, 0.15) is 29.2 Å². The zero-order valence-electron chi connectivity index (χ0n) is 10.2. The zero-order chi connectivity index (χ0) is 14.6. The average Bonchev–Trinajstić information content (AvgIpc) is 2.26. The summed E-state index contributed by atoms with van der Waals surface area (Å²) in [6.07, 6.45) is 0.860. The minimum absolute atomic E-state index is 0.214. The van der Waals surface area contributed by atoms with Crippen LogP contribution in [0.2, 0.25) is 0 Å². The molecule has 1 aromatic carbocycles. The summed E-state index contributed by atoms with van der Waals surface area (Å²) in [6, 6.07) is 4.05. The van der Waals surface area contributed by atoms with Crippen molar-refractivity contribution in [3.63, 3.8) is 0 Å². The lowest BCUT2D eigenvalue weighted by molar-refractivity contribution is -0.137. The first-order valence-corrected chi connectivity index (χ1v) is 7.30. The van der Waals surface area contributed by atoms with Gasteiger partial charge in [-0.05, 0) is 22.8 Å². The highest BCUT2D eigenvalue weighted by Crippen LogP contribution is 2.40. The molecule has 6 nitrogen and oxygen atoms in total. The van der Waals surface area contributed by atoms with Crippen molar-refractivity contribution < 1.29 is 24.3 Å². The lowest BCUT2D eigenvalue weighted by Gasteiger charge is -2.13. The number of nitrogens with two attached hydrogens (primary N) is 1. The summed E-state index contributed by atoms with van der Waals surface area (Å²) in [5.41, 5.74) is 7.31. The van der Waals surface area contributed by atoms with Crippen molar-refractivity contribution in [2.75, 3.05) is 0 Å². The maximum atomic E-state index is 11.0. The molecule has 7 heteroatoms. The van der Waals surface area contributed by atoms with E-state index in [4.69, 9.17) is 20.6 Å². The Morgan fingerprint density at radius 2 is 2.11 bits per heavy atom. The van der Waals surface area contributed by atoms with Gasteiger partial charge in [-0.25, -0.2) is 0 Å². The molecular weight excluding hydrogens is 269 g/mol. The molecule has 0 saturated carbocycles. The van der Waals surface area contributed by atoms with Crippen LogP contribution in [0.4, 0.5) is 0 Å². The lowest BCUT2D eigenvalue weighted by atomic mass is 9.99. The van der Waals surface area contributed by atoms with Crippen LogP contribution >= 0.6 is 7.60 Å². The molecule has 1 atom stereocenters. The molecule has 5 N–H and O–H groups in total. The summed E-state index contributed by atoms with van der Waals surface area (Å²) in [6.45, 7) is 3.57. The summed E-state index contributed by atoms with van der Waals surface area (Å²) in [4.78, 5) is 28.5. The number of carboxylic acid groups (broad SMARTS) is 1. The van der Waals surface area contributed by atoms with E-state index in [0.717, 1.165) is 0 Å². The Hall–Kier alpha value is -1.46. The Labute approximate surface area is 110 Å². The quantitative estimate of drug-likeness (QED) is 0.587. The van der Waals surface area contributed by atoms with E-state index in [0.29, 0.717) is 16.7 Å². The van der Waals surface area contributed by atoms with Gasteiger partial charge in [0.25, 0.3) is 0 Å². The highest BCUT2D eigenvalue weighted by molar-refractivity contribution is 7.50. The van der Waals surface area contributed by atoms with Crippen molar-refractivity contribution in [2.45, 2.75) is 18.6 Å². The third-order valence-corrected chi connectivity index (χ3v) is 3.34. The number of hydrogen-bond donors (Lipinski definition) is 4. The van der Waals surface area contributed by atoms with E-state index in [1.807, 2.05) is 0 Å². The molecule has 0 saturated heterocycles. The Morgan fingerprint density at radius 3 is 2.58 bits per heavy atom. The van der Waals surface area contributed by atoms with Crippen molar-refractivity contribution in [3.05, 3.63) is 41.5 Å². The molecule has 1 unspecified atom stereocenters. The van der Waals surface area contributed by atoms with Crippen LogP contribution in [0.15, 0.2) is 24.8 Å². The summed E-state index contributed by atoms with van der Waals surface area (Å²) >= 11 is 0. The molecule has 0 spiro atoms. The number of carbonyl (C=O) groups is 1. The van der Waals surface area contributed by atoms with Gasteiger partial charge in [-0.3, -0.25) is 9.36 Å². The molecule has 0 fully saturated rings. The van der Waals surface area contributed by atoms with Crippen LogP contribution in [-0.4, -0.2) is 20.9 Å². The van der Waals surface area contributed by atoms with Crippen molar-refractivity contribution >= 4 is 19.6 Å². The van der Waals surface area contributed by atoms with Crippen LogP contribution in [-0.2, 0) is 15.5 Å². The predicted molar refractivity (Wildman–Crippen MR) is 71.5 cm³/mol. The van der Waals surface area contributed by atoms with Gasteiger partial charge in [0.1, 0.15) is 0 Å². The fraction of sp³-hybridized carbons (Fsp3) is 0.250. The first-order chi connectivity index (χ1) is 8.73. The number of hydrogen-bond acceptors (Lipinski definition) is 3.